The smallest absolute Gasteiger partial charge is 0.190 e. The van der Waals surface area contributed by atoms with Crippen molar-refractivity contribution in [3.05, 3.63) is 40.4 Å². The average molecular weight is 274 g/mol. The highest BCUT2D eigenvalue weighted by Gasteiger charge is 2.15. The summed E-state index contributed by atoms with van der Waals surface area (Å²) >= 11 is 1.46. The van der Waals surface area contributed by atoms with E-state index in [1.165, 1.54) is 16.9 Å². The molecule has 19 heavy (non-hydrogen) atoms. The molecular formula is C15H18N2OS. The lowest BCUT2D eigenvalue weighted by Gasteiger charge is -2.20. The summed E-state index contributed by atoms with van der Waals surface area (Å²) in [6.45, 7) is 7.02. The molecule has 0 bridgehead atoms. The monoisotopic (exact) mass is 274 g/mol. The number of hydrogen-bond acceptors (Lipinski definition) is 4. The first kappa shape index (κ1) is 13.7. The van der Waals surface area contributed by atoms with Crippen LogP contribution in [0.1, 0.15) is 34.8 Å². The number of carbonyl (C=O) groups excluding carboxylic acids is 1. The van der Waals surface area contributed by atoms with Crippen LogP contribution in [0.25, 0.3) is 0 Å². The maximum Gasteiger partial charge on any atom is 0.190 e. The SMILES string of the molecule is CCc1nc(N(CC)c2cccc(C)c2)sc1C=O. The van der Waals surface area contributed by atoms with E-state index in [1.807, 2.05) is 13.0 Å². The minimum atomic E-state index is 0.739. The maximum absolute atomic E-state index is 11.1. The van der Waals surface area contributed by atoms with Crippen LogP contribution in [-0.4, -0.2) is 17.8 Å². The lowest BCUT2D eigenvalue weighted by molar-refractivity contribution is 0.112. The summed E-state index contributed by atoms with van der Waals surface area (Å²) in [6.07, 6.45) is 1.69. The second kappa shape index (κ2) is 5.97. The number of thiazole rings is 1. The molecule has 0 amide bonds. The molecule has 0 N–H and O–H groups in total. The van der Waals surface area contributed by atoms with Gasteiger partial charge in [-0.2, -0.15) is 0 Å². The molecule has 0 aliphatic carbocycles. The van der Waals surface area contributed by atoms with Crippen molar-refractivity contribution in [3.8, 4) is 0 Å². The van der Waals surface area contributed by atoms with Crippen molar-refractivity contribution in [2.75, 3.05) is 11.4 Å². The Balaban J connectivity index is 2.42. The van der Waals surface area contributed by atoms with Crippen LogP contribution in [0.5, 0.6) is 0 Å². The number of benzene rings is 1. The van der Waals surface area contributed by atoms with Gasteiger partial charge in [0.05, 0.1) is 10.6 Å². The van der Waals surface area contributed by atoms with E-state index in [2.05, 4.69) is 41.9 Å². The number of rotatable bonds is 5. The summed E-state index contributed by atoms with van der Waals surface area (Å²) in [5, 5.41) is 0.895. The first-order valence-corrected chi connectivity index (χ1v) is 7.30. The topological polar surface area (TPSA) is 33.2 Å². The van der Waals surface area contributed by atoms with Gasteiger partial charge in [0.25, 0.3) is 0 Å². The third kappa shape index (κ3) is 2.84. The van der Waals surface area contributed by atoms with Gasteiger partial charge in [-0.25, -0.2) is 4.98 Å². The molecule has 1 aromatic heterocycles. The van der Waals surface area contributed by atoms with E-state index >= 15 is 0 Å². The Hall–Kier alpha value is -1.68. The molecule has 2 rings (SSSR count). The largest absolute Gasteiger partial charge is 0.318 e. The summed E-state index contributed by atoms with van der Waals surface area (Å²) < 4.78 is 0. The van der Waals surface area contributed by atoms with E-state index in [1.54, 1.807) is 0 Å². The molecule has 3 nitrogen and oxygen atoms in total. The van der Waals surface area contributed by atoms with Gasteiger partial charge in [-0.15, -0.1) is 0 Å². The van der Waals surface area contributed by atoms with Gasteiger partial charge in [0.1, 0.15) is 0 Å². The van der Waals surface area contributed by atoms with Gasteiger partial charge in [0.15, 0.2) is 11.4 Å². The summed E-state index contributed by atoms with van der Waals surface area (Å²) in [4.78, 5) is 18.5. The fourth-order valence-corrected chi connectivity index (χ4v) is 3.09. The van der Waals surface area contributed by atoms with Gasteiger partial charge < -0.3 is 4.90 Å². The molecule has 1 aromatic carbocycles. The minimum absolute atomic E-state index is 0.739. The van der Waals surface area contributed by atoms with Crippen LogP contribution in [0.15, 0.2) is 24.3 Å². The molecule has 100 valence electrons. The van der Waals surface area contributed by atoms with E-state index in [-0.39, 0.29) is 0 Å². The van der Waals surface area contributed by atoms with Crippen LogP contribution < -0.4 is 4.90 Å². The molecule has 1 heterocycles. The third-order valence-electron chi connectivity index (χ3n) is 3.02. The van der Waals surface area contributed by atoms with Crippen molar-refractivity contribution in [2.24, 2.45) is 0 Å². The summed E-state index contributed by atoms with van der Waals surface area (Å²) in [5.74, 6) is 0. The third-order valence-corrected chi connectivity index (χ3v) is 4.06. The Morgan fingerprint density at radius 1 is 1.37 bits per heavy atom. The number of hydrogen-bond donors (Lipinski definition) is 0. The van der Waals surface area contributed by atoms with Crippen molar-refractivity contribution in [1.82, 2.24) is 4.98 Å². The van der Waals surface area contributed by atoms with Crippen molar-refractivity contribution in [2.45, 2.75) is 27.2 Å². The molecule has 0 fully saturated rings. The van der Waals surface area contributed by atoms with Crippen molar-refractivity contribution in [1.29, 1.82) is 0 Å². The highest BCUT2D eigenvalue weighted by Crippen LogP contribution is 2.31. The number of carbonyl (C=O) groups is 1. The maximum atomic E-state index is 11.1. The number of aryl methyl sites for hydroxylation is 2. The summed E-state index contributed by atoms with van der Waals surface area (Å²) in [6, 6.07) is 8.33. The predicted molar refractivity (Wildman–Crippen MR) is 80.7 cm³/mol. The zero-order valence-electron chi connectivity index (χ0n) is 11.5. The standard InChI is InChI=1S/C15H18N2OS/c1-4-13-14(10-18)19-15(16-13)17(5-2)12-8-6-7-11(3)9-12/h6-10H,4-5H2,1-3H3. The lowest BCUT2D eigenvalue weighted by Crippen LogP contribution is -2.15. The van der Waals surface area contributed by atoms with E-state index in [9.17, 15) is 4.79 Å². The quantitative estimate of drug-likeness (QED) is 0.773. The molecule has 2 aromatic rings. The number of nitrogens with zero attached hydrogens (tertiary/aromatic N) is 2. The average Bonchev–Trinajstić information content (AvgIpc) is 2.83. The Bertz CT molecular complexity index is 577. The molecule has 0 unspecified atom stereocenters. The van der Waals surface area contributed by atoms with Gasteiger partial charge in [0, 0.05) is 12.2 Å². The van der Waals surface area contributed by atoms with E-state index in [4.69, 9.17) is 0 Å². The Morgan fingerprint density at radius 2 is 2.16 bits per heavy atom. The number of aromatic nitrogens is 1. The van der Waals surface area contributed by atoms with Crippen LogP contribution in [0.3, 0.4) is 0 Å². The highest BCUT2D eigenvalue weighted by atomic mass is 32.1. The van der Waals surface area contributed by atoms with Crippen LogP contribution in [-0.2, 0) is 6.42 Å². The van der Waals surface area contributed by atoms with E-state index in [0.29, 0.717) is 0 Å². The fraction of sp³-hybridized carbons (Fsp3) is 0.333. The lowest BCUT2D eigenvalue weighted by atomic mass is 10.2. The van der Waals surface area contributed by atoms with Gasteiger partial charge >= 0.3 is 0 Å². The molecule has 0 aliphatic heterocycles. The Labute approximate surface area is 117 Å². The molecule has 0 atom stereocenters. The summed E-state index contributed by atoms with van der Waals surface area (Å²) in [5.41, 5.74) is 3.23. The predicted octanol–water partition coefficient (Wildman–Crippen LogP) is 3.98. The van der Waals surface area contributed by atoms with Gasteiger partial charge in [-0.1, -0.05) is 30.4 Å². The number of anilines is 2. The number of aldehydes is 1. The molecule has 0 saturated carbocycles. The first-order chi connectivity index (χ1) is 9.19. The van der Waals surface area contributed by atoms with E-state index in [0.717, 1.165) is 40.6 Å². The van der Waals surface area contributed by atoms with Gasteiger partial charge in [0.2, 0.25) is 0 Å². The molecule has 4 heteroatoms. The van der Waals surface area contributed by atoms with Crippen LogP contribution in [0, 0.1) is 6.92 Å². The second-order valence-electron chi connectivity index (χ2n) is 4.36. The minimum Gasteiger partial charge on any atom is -0.318 e. The highest BCUT2D eigenvalue weighted by molar-refractivity contribution is 7.17. The Morgan fingerprint density at radius 3 is 2.68 bits per heavy atom. The zero-order valence-corrected chi connectivity index (χ0v) is 12.3. The van der Waals surface area contributed by atoms with Crippen LogP contribution in [0.2, 0.25) is 0 Å². The Kier molecular flexibility index (Phi) is 4.32. The van der Waals surface area contributed by atoms with Crippen molar-refractivity contribution >= 4 is 28.4 Å². The molecule has 0 radical (unpaired) electrons. The second-order valence-corrected chi connectivity index (χ2v) is 5.37. The van der Waals surface area contributed by atoms with Gasteiger partial charge in [-0.3, -0.25) is 4.79 Å². The normalized spacial score (nSPS) is 10.5. The van der Waals surface area contributed by atoms with Crippen molar-refractivity contribution in [3.63, 3.8) is 0 Å². The van der Waals surface area contributed by atoms with E-state index < -0.39 is 0 Å². The molecular weight excluding hydrogens is 256 g/mol. The van der Waals surface area contributed by atoms with Crippen molar-refractivity contribution < 1.29 is 4.79 Å². The molecule has 0 aliphatic rings. The zero-order chi connectivity index (χ0) is 13.8. The van der Waals surface area contributed by atoms with Gasteiger partial charge in [-0.05, 0) is 38.0 Å². The summed E-state index contributed by atoms with van der Waals surface area (Å²) in [7, 11) is 0. The molecule has 0 spiro atoms. The first-order valence-electron chi connectivity index (χ1n) is 6.48. The fourth-order valence-electron chi connectivity index (χ4n) is 2.04. The van der Waals surface area contributed by atoms with Crippen LogP contribution >= 0.6 is 11.3 Å². The van der Waals surface area contributed by atoms with Crippen LogP contribution in [0.4, 0.5) is 10.8 Å². The molecule has 0 saturated heterocycles.